The van der Waals surface area contributed by atoms with Crippen molar-refractivity contribution >= 4 is 23.4 Å². The van der Waals surface area contributed by atoms with Crippen molar-refractivity contribution in [3.8, 4) is 0 Å². The fourth-order valence-corrected chi connectivity index (χ4v) is 2.94. The lowest BCUT2D eigenvalue weighted by Gasteiger charge is -2.15. The van der Waals surface area contributed by atoms with Gasteiger partial charge < -0.3 is 5.11 Å². The molecular formula is C16H16FNO2S. The molecule has 1 N–H and O–H groups in total. The normalized spacial score (nSPS) is 11.4. The maximum Gasteiger partial charge on any atom is 0.328 e. The second-order valence-corrected chi connectivity index (χ2v) is 5.97. The molecule has 1 aromatic carbocycles. The van der Waals surface area contributed by atoms with Gasteiger partial charge in [0.2, 0.25) is 0 Å². The third kappa shape index (κ3) is 5.13. The molecule has 0 radical (unpaired) electrons. The number of hydrogen-bond acceptors (Lipinski definition) is 3. The number of benzene rings is 1. The van der Waals surface area contributed by atoms with E-state index in [2.05, 4.69) is 4.90 Å². The third-order valence-corrected chi connectivity index (χ3v) is 3.90. The van der Waals surface area contributed by atoms with Gasteiger partial charge in [0.15, 0.2) is 0 Å². The number of carboxylic acid groups (broad SMARTS) is 1. The minimum Gasteiger partial charge on any atom is -0.478 e. The van der Waals surface area contributed by atoms with Crippen LogP contribution in [0.3, 0.4) is 0 Å². The number of thiophene rings is 1. The molecular weight excluding hydrogens is 289 g/mol. The van der Waals surface area contributed by atoms with E-state index in [9.17, 15) is 9.18 Å². The van der Waals surface area contributed by atoms with Crippen LogP contribution in [0.2, 0.25) is 0 Å². The molecule has 5 heteroatoms. The summed E-state index contributed by atoms with van der Waals surface area (Å²) < 4.78 is 12.8. The monoisotopic (exact) mass is 305 g/mol. The number of carboxylic acids is 1. The van der Waals surface area contributed by atoms with E-state index in [1.54, 1.807) is 29.5 Å². The second kappa shape index (κ2) is 7.15. The van der Waals surface area contributed by atoms with Gasteiger partial charge in [-0.05, 0) is 43.0 Å². The Kier molecular flexibility index (Phi) is 5.25. The van der Waals surface area contributed by atoms with Crippen LogP contribution in [-0.2, 0) is 17.9 Å². The van der Waals surface area contributed by atoms with Crippen LogP contribution in [0.25, 0.3) is 6.08 Å². The highest BCUT2D eigenvalue weighted by Crippen LogP contribution is 2.20. The Balaban J connectivity index is 1.92. The number of hydrogen-bond donors (Lipinski definition) is 1. The van der Waals surface area contributed by atoms with Gasteiger partial charge in [0, 0.05) is 28.9 Å². The molecule has 0 amide bonds. The van der Waals surface area contributed by atoms with E-state index >= 15 is 0 Å². The first-order valence-electron chi connectivity index (χ1n) is 6.45. The Bertz CT molecular complexity index is 634. The summed E-state index contributed by atoms with van der Waals surface area (Å²) in [6, 6.07) is 10.4. The van der Waals surface area contributed by atoms with Gasteiger partial charge >= 0.3 is 5.97 Å². The third-order valence-electron chi connectivity index (χ3n) is 2.86. The highest BCUT2D eigenvalue weighted by molar-refractivity contribution is 7.12. The predicted molar refractivity (Wildman–Crippen MR) is 82.6 cm³/mol. The van der Waals surface area contributed by atoms with Crippen LogP contribution in [0.15, 0.2) is 42.5 Å². The summed E-state index contributed by atoms with van der Waals surface area (Å²) in [7, 11) is 2.00. The van der Waals surface area contributed by atoms with E-state index < -0.39 is 5.97 Å². The number of nitrogens with zero attached hydrogens (tertiary/aromatic N) is 1. The Morgan fingerprint density at radius 1 is 1.24 bits per heavy atom. The zero-order chi connectivity index (χ0) is 15.2. The Morgan fingerprint density at radius 2 is 1.95 bits per heavy atom. The minimum absolute atomic E-state index is 0.227. The minimum atomic E-state index is -0.946. The van der Waals surface area contributed by atoms with Gasteiger partial charge in [-0.2, -0.15) is 0 Å². The Labute approximate surface area is 127 Å². The molecule has 0 aliphatic carbocycles. The van der Waals surface area contributed by atoms with Crippen LogP contribution in [0.1, 0.15) is 15.3 Å². The molecule has 1 heterocycles. The average molecular weight is 305 g/mol. The van der Waals surface area contributed by atoms with Crippen molar-refractivity contribution in [1.82, 2.24) is 4.90 Å². The van der Waals surface area contributed by atoms with Crippen molar-refractivity contribution in [3.05, 3.63) is 63.6 Å². The van der Waals surface area contributed by atoms with Gasteiger partial charge in [0.25, 0.3) is 0 Å². The zero-order valence-corrected chi connectivity index (χ0v) is 12.4. The molecule has 0 aliphatic rings. The summed E-state index contributed by atoms with van der Waals surface area (Å²) in [6.45, 7) is 1.50. The molecule has 0 saturated heterocycles. The fraction of sp³-hybridized carbons (Fsp3) is 0.188. The molecule has 21 heavy (non-hydrogen) atoms. The van der Waals surface area contributed by atoms with Crippen molar-refractivity contribution < 1.29 is 14.3 Å². The number of rotatable bonds is 6. The lowest BCUT2D eigenvalue weighted by atomic mass is 10.2. The van der Waals surface area contributed by atoms with Crippen LogP contribution >= 0.6 is 11.3 Å². The first-order valence-corrected chi connectivity index (χ1v) is 7.27. The number of aliphatic carboxylic acids is 1. The van der Waals surface area contributed by atoms with E-state index in [4.69, 9.17) is 5.11 Å². The molecule has 0 spiro atoms. The van der Waals surface area contributed by atoms with Crippen molar-refractivity contribution in [2.75, 3.05) is 7.05 Å². The highest BCUT2D eigenvalue weighted by atomic mass is 32.1. The fourth-order valence-electron chi connectivity index (χ4n) is 1.95. The molecule has 0 saturated carbocycles. The molecule has 0 atom stereocenters. The molecule has 1 aromatic heterocycles. The van der Waals surface area contributed by atoms with E-state index in [1.807, 2.05) is 19.2 Å². The summed E-state index contributed by atoms with van der Waals surface area (Å²) in [4.78, 5) is 14.7. The van der Waals surface area contributed by atoms with Crippen LogP contribution < -0.4 is 0 Å². The molecule has 2 aromatic rings. The molecule has 0 aliphatic heterocycles. The first-order chi connectivity index (χ1) is 10.0. The summed E-state index contributed by atoms with van der Waals surface area (Å²) in [5.41, 5.74) is 1.06. The van der Waals surface area contributed by atoms with Gasteiger partial charge in [-0.1, -0.05) is 12.1 Å². The molecule has 0 unspecified atom stereocenters. The van der Waals surface area contributed by atoms with E-state index in [0.29, 0.717) is 0 Å². The van der Waals surface area contributed by atoms with E-state index in [1.165, 1.54) is 12.1 Å². The Morgan fingerprint density at radius 3 is 2.62 bits per heavy atom. The average Bonchev–Trinajstić information content (AvgIpc) is 2.86. The summed E-state index contributed by atoms with van der Waals surface area (Å²) in [5.74, 6) is -1.17. The van der Waals surface area contributed by atoms with Crippen molar-refractivity contribution in [2.45, 2.75) is 13.1 Å². The van der Waals surface area contributed by atoms with Crippen LogP contribution in [0.4, 0.5) is 4.39 Å². The van der Waals surface area contributed by atoms with Gasteiger partial charge in [-0.15, -0.1) is 11.3 Å². The predicted octanol–water partition coefficient (Wildman–Crippen LogP) is 3.62. The maximum absolute atomic E-state index is 12.8. The quantitative estimate of drug-likeness (QED) is 0.829. The highest BCUT2D eigenvalue weighted by Gasteiger charge is 2.04. The lowest BCUT2D eigenvalue weighted by Crippen LogP contribution is -2.16. The first kappa shape index (κ1) is 15.4. The topological polar surface area (TPSA) is 40.5 Å². The van der Waals surface area contributed by atoms with Crippen LogP contribution in [0.5, 0.6) is 0 Å². The smallest absolute Gasteiger partial charge is 0.328 e. The largest absolute Gasteiger partial charge is 0.478 e. The van der Waals surface area contributed by atoms with Crippen LogP contribution in [0, 0.1) is 5.82 Å². The Hall–Kier alpha value is -1.98. The molecule has 110 valence electrons. The number of halogens is 1. The van der Waals surface area contributed by atoms with E-state index in [0.717, 1.165) is 34.5 Å². The summed E-state index contributed by atoms with van der Waals surface area (Å²) in [6.07, 6.45) is 2.73. The lowest BCUT2D eigenvalue weighted by molar-refractivity contribution is -0.131. The van der Waals surface area contributed by atoms with Crippen LogP contribution in [-0.4, -0.2) is 23.0 Å². The molecule has 0 fully saturated rings. The standard InChI is InChI=1S/C16H16FNO2S/c1-18(10-12-2-4-13(17)5-3-12)11-15-7-6-14(21-15)8-9-16(19)20/h2-9H,10-11H2,1H3,(H,19,20). The van der Waals surface area contributed by atoms with Crippen molar-refractivity contribution in [2.24, 2.45) is 0 Å². The van der Waals surface area contributed by atoms with E-state index in [-0.39, 0.29) is 5.82 Å². The van der Waals surface area contributed by atoms with Crippen molar-refractivity contribution in [1.29, 1.82) is 0 Å². The van der Waals surface area contributed by atoms with Gasteiger partial charge in [-0.3, -0.25) is 4.90 Å². The van der Waals surface area contributed by atoms with Gasteiger partial charge in [0.05, 0.1) is 0 Å². The second-order valence-electron chi connectivity index (χ2n) is 4.77. The SMILES string of the molecule is CN(Cc1ccc(F)cc1)Cc1ccc(C=CC(=O)O)s1. The van der Waals surface area contributed by atoms with Gasteiger partial charge in [0.1, 0.15) is 5.82 Å². The zero-order valence-electron chi connectivity index (χ0n) is 11.6. The molecule has 0 bridgehead atoms. The van der Waals surface area contributed by atoms with Crippen molar-refractivity contribution in [3.63, 3.8) is 0 Å². The molecule has 3 nitrogen and oxygen atoms in total. The summed E-state index contributed by atoms with van der Waals surface area (Å²) >= 11 is 1.56. The summed E-state index contributed by atoms with van der Waals surface area (Å²) in [5, 5.41) is 8.59. The maximum atomic E-state index is 12.8. The van der Waals surface area contributed by atoms with Gasteiger partial charge in [-0.25, -0.2) is 9.18 Å². The molecule has 2 rings (SSSR count). The number of carbonyl (C=O) groups is 1.